The molecule has 3 unspecified atom stereocenters. The molecule has 1 rings (SSSR count). The fourth-order valence-electron chi connectivity index (χ4n) is 2.96. The van der Waals surface area contributed by atoms with Gasteiger partial charge in [0.2, 0.25) is 0 Å². The monoisotopic (exact) mass is 326 g/mol. The van der Waals surface area contributed by atoms with Crippen LogP contribution in [0.5, 0.6) is 0 Å². The van der Waals surface area contributed by atoms with Gasteiger partial charge in [-0.3, -0.25) is 0 Å². The Morgan fingerprint density at radius 3 is 2.21 bits per heavy atom. The van der Waals surface area contributed by atoms with Crippen molar-refractivity contribution in [3.05, 3.63) is 46.9 Å². The highest BCUT2D eigenvalue weighted by atomic mass is 14.1. The Labute approximate surface area is 150 Å². The van der Waals surface area contributed by atoms with Crippen molar-refractivity contribution >= 4 is 12.2 Å². The Morgan fingerprint density at radius 1 is 0.917 bits per heavy atom. The van der Waals surface area contributed by atoms with Crippen molar-refractivity contribution < 1.29 is 0 Å². The minimum absolute atomic E-state index is 0.626. The summed E-state index contributed by atoms with van der Waals surface area (Å²) in [5.41, 5.74) is 1.47. The molecule has 0 aliphatic rings. The van der Waals surface area contributed by atoms with Crippen molar-refractivity contribution in [3.63, 3.8) is 0 Å². The normalized spacial score (nSPS) is 16.9. The lowest BCUT2D eigenvalue weighted by molar-refractivity contribution is 0.467. The Balaban J connectivity index is 2.97. The second-order valence-corrected chi connectivity index (χ2v) is 7.65. The summed E-state index contributed by atoms with van der Waals surface area (Å²) < 4.78 is 0. The van der Waals surface area contributed by atoms with E-state index in [9.17, 15) is 0 Å². The highest BCUT2D eigenvalue weighted by Crippen LogP contribution is 2.15. The molecule has 0 saturated carbocycles. The van der Waals surface area contributed by atoms with Gasteiger partial charge in [-0.15, -0.1) is 0 Å². The SMILES string of the molecule is C=C/C=c1/ccc(CCC(C)CC)c/c1=C/C(C)CCC(C)CC. The summed E-state index contributed by atoms with van der Waals surface area (Å²) in [6.07, 6.45) is 14.1. The van der Waals surface area contributed by atoms with Gasteiger partial charge in [-0.1, -0.05) is 96.9 Å². The van der Waals surface area contributed by atoms with E-state index >= 15 is 0 Å². The number of rotatable bonds is 10. The van der Waals surface area contributed by atoms with E-state index < -0.39 is 0 Å². The molecule has 0 amide bonds. The lowest BCUT2D eigenvalue weighted by Crippen LogP contribution is -2.25. The van der Waals surface area contributed by atoms with Crippen LogP contribution in [0.3, 0.4) is 0 Å². The first-order valence-corrected chi connectivity index (χ1v) is 9.93. The fourth-order valence-corrected chi connectivity index (χ4v) is 2.96. The summed E-state index contributed by atoms with van der Waals surface area (Å²) in [5.74, 6) is 2.27. The zero-order valence-electron chi connectivity index (χ0n) is 16.6. The smallest absolute Gasteiger partial charge is 0.0187 e. The summed E-state index contributed by atoms with van der Waals surface area (Å²) in [6.45, 7) is 15.5. The molecule has 24 heavy (non-hydrogen) atoms. The molecule has 0 aromatic heterocycles. The third-order valence-corrected chi connectivity index (χ3v) is 5.35. The molecule has 0 heterocycles. The fraction of sp³-hybridized carbons (Fsp3) is 0.583. The van der Waals surface area contributed by atoms with Gasteiger partial charge >= 0.3 is 0 Å². The first-order chi connectivity index (χ1) is 11.5. The van der Waals surface area contributed by atoms with E-state index in [2.05, 4.69) is 71.5 Å². The maximum absolute atomic E-state index is 3.87. The Bertz CT molecular complexity index is 593. The third-order valence-electron chi connectivity index (χ3n) is 5.35. The molecule has 1 aromatic rings. The topological polar surface area (TPSA) is 0 Å². The predicted molar refractivity (Wildman–Crippen MR) is 110 cm³/mol. The van der Waals surface area contributed by atoms with E-state index in [1.165, 1.54) is 54.5 Å². The van der Waals surface area contributed by atoms with E-state index in [-0.39, 0.29) is 0 Å². The standard InChI is InChI=1S/C24H38/c1-7-10-23-16-15-22(14-13-20(5)9-3)18-24(23)17-21(6)12-11-19(4)8-2/h7,10,15-21H,1,8-9,11-14H2,2-6H3/b23-10-,24-17-. The van der Waals surface area contributed by atoms with E-state index in [1.54, 1.807) is 0 Å². The number of hydrogen-bond donors (Lipinski definition) is 0. The Hall–Kier alpha value is -1.30. The lowest BCUT2D eigenvalue weighted by Gasteiger charge is -2.11. The van der Waals surface area contributed by atoms with Gasteiger partial charge in [-0.2, -0.15) is 0 Å². The molecule has 0 heteroatoms. The molecule has 0 spiro atoms. The maximum atomic E-state index is 3.87. The zero-order valence-corrected chi connectivity index (χ0v) is 16.6. The van der Waals surface area contributed by atoms with Crippen LogP contribution in [0.15, 0.2) is 30.9 Å². The third kappa shape index (κ3) is 7.51. The van der Waals surface area contributed by atoms with Crippen molar-refractivity contribution in [3.8, 4) is 0 Å². The van der Waals surface area contributed by atoms with E-state index in [0.29, 0.717) is 5.92 Å². The molecule has 0 aliphatic carbocycles. The zero-order chi connectivity index (χ0) is 17.9. The van der Waals surface area contributed by atoms with Crippen molar-refractivity contribution in [2.24, 2.45) is 17.8 Å². The minimum atomic E-state index is 0.626. The van der Waals surface area contributed by atoms with Gasteiger partial charge in [0.05, 0.1) is 0 Å². The van der Waals surface area contributed by atoms with Crippen molar-refractivity contribution in [2.75, 3.05) is 0 Å². The Morgan fingerprint density at radius 2 is 1.58 bits per heavy atom. The van der Waals surface area contributed by atoms with Crippen LogP contribution in [-0.4, -0.2) is 0 Å². The molecule has 0 radical (unpaired) electrons. The van der Waals surface area contributed by atoms with Crippen LogP contribution < -0.4 is 10.4 Å². The number of hydrogen-bond acceptors (Lipinski definition) is 0. The first kappa shape index (κ1) is 20.7. The molecule has 3 atom stereocenters. The molecule has 0 fully saturated rings. The van der Waals surface area contributed by atoms with Crippen LogP contribution in [-0.2, 0) is 6.42 Å². The minimum Gasteiger partial charge on any atom is -0.0990 e. The summed E-state index contributed by atoms with van der Waals surface area (Å²) in [6, 6.07) is 6.96. The quantitative estimate of drug-likeness (QED) is 0.504. The first-order valence-electron chi connectivity index (χ1n) is 9.93. The van der Waals surface area contributed by atoms with E-state index in [4.69, 9.17) is 0 Å². The van der Waals surface area contributed by atoms with E-state index in [0.717, 1.165) is 11.8 Å². The van der Waals surface area contributed by atoms with Crippen LogP contribution in [0.25, 0.3) is 12.2 Å². The van der Waals surface area contributed by atoms with Gasteiger partial charge in [0, 0.05) is 0 Å². The predicted octanol–water partition coefficient (Wildman–Crippen LogP) is 5.87. The molecule has 0 N–H and O–H groups in total. The van der Waals surface area contributed by atoms with Crippen molar-refractivity contribution in [1.29, 1.82) is 0 Å². The summed E-state index contributed by atoms with van der Waals surface area (Å²) in [7, 11) is 0. The second kappa shape index (κ2) is 11.3. The van der Waals surface area contributed by atoms with Gasteiger partial charge in [0.15, 0.2) is 0 Å². The van der Waals surface area contributed by atoms with E-state index in [1.807, 2.05) is 6.08 Å². The number of allylic oxidation sites excluding steroid dienone is 1. The van der Waals surface area contributed by atoms with Gasteiger partial charge < -0.3 is 0 Å². The van der Waals surface area contributed by atoms with Crippen molar-refractivity contribution in [1.82, 2.24) is 0 Å². The van der Waals surface area contributed by atoms with Crippen LogP contribution >= 0.6 is 0 Å². The average Bonchev–Trinajstić information content (AvgIpc) is 2.59. The van der Waals surface area contributed by atoms with Crippen LogP contribution in [0.2, 0.25) is 0 Å². The highest BCUT2D eigenvalue weighted by Gasteiger charge is 2.04. The second-order valence-electron chi connectivity index (χ2n) is 7.65. The van der Waals surface area contributed by atoms with Gasteiger partial charge in [-0.25, -0.2) is 0 Å². The van der Waals surface area contributed by atoms with Crippen LogP contribution in [0.4, 0.5) is 0 Å². The number of aryl methyl sites for hydroxylation is 1. The Kier molecular flexibility index (Phi) is 9.76. The molecule has 0 bridgehead atoms. The summed E-state index contributed by atoms with van der Waals surface area (Å²) in [4.78, 5) is 0. The van der Waals surface area contributed by atoms with Crippen molar-refractivity contribution in [2.45, 2.75) is 73.1 Å². The molecule has 0 aliphatic heterocycles. The molecule has 0 saturated heterocycles. The van der Waals surface area contributed by atoms with Gasteiger partial charge in [0.1, 0.15) is 0 Å². The molecular weight excluding hydrogens is 288 g/mol. The number of benzene rings is 1. The van der Waals surface area contributed by atoms with Gasteiger partial charge in [0.25, 0.3) is 0 Å². The molecule has 0 nitrogen and oxygen atoms in total. The molecule has 134 valence electrons. The maximum Gasteiger partial charge on any atom is -0.0187 e. The van der Waals surface area contributed by atoms with Gasteiger partial charge in [-0.05, 0) is 53.0 Å². The molecule has 1 aromatic carbocycles. The molecular formula is C24H38. The summed E-state index contributed by atoms with van der Waals surface area (Å²) in [5, 5.41) is 2.68. The average molecular weight is 327 g/mol. The van der Waals surface area contributed by atoms with Crippen LogP contribution in [0.1, 0.15) is 72.3 Å². The highest BCUT2D eigenvalue weighted by molar-refractivity contribution is 5.40. The lowest BCUT2D eigenvalue weighted by atomic mass is 9.94. The summed E-state index contributed by atoms with van der Waals surface area (Å²) >= 11 is 0. The largest absolute Gasteiger partial charge is 0.0990 e. The van der Waals surface area contributed by atoms with Crippen LogP contribution in [0, 0.1) is 17.8 Å².